The van der Waals surface area contributed by atoms with Gasteiger partial charge >= 0.3 is 0 Å². The van der Waals surface area contributed by atoms with E-state index >= 15 is 0 Å². The first kappa shape index (κ1) is 14.5. The van der Waals surface area contributed by atoms with Gasteiger partial charge in [-0.1, -0.05) is 0 Å². The van der Waals surface area contributed by atoms with E-state index in [-0.39, 0.29) is 17.7 Å². The van der Waals surface area contributed by atoms with Crippen LogP contribution in [0.15, 0.2) is 24.3 Å². The molecule has 1 saturated carbocycles. The van der Waals surface area contributed by atoms with Gasteiger partial charge in [-0.2, -0.15) is 0 Å². The molecule has 0 aliphatic heterocycles. The van der Waals surface area contributed by atoms with E-state index < -0.39 is 0 Å². The Morgan fingerprint density at radius 2 is 1.70 bits per heavy atom. The van der Waals surface area contributed by atoms with E-state index in [0.717, 1.165) is 37.2 Å². The molecule has 108 valence electrons. The highest BCUT2D eigenvalue weighted by atomic mass is 16.2. The van der Waals surface area contributed by atoms with Crippen molar-refractivity contribution in [3.63, 3.8) is 0 Å². The molecule has 1 aromatic carbocycles. The second kappa shape index (κ2) is 7.05. The summed E-state index contributed by atoms with van der Waals surface area (Å²) in [5.74, 6) is 0.297. The molecule has 1 fully saturated rings. The first-order chi connectivity index (χ1) is 9.69. The summed E-state index contributed by atoms with van der Waals surface area (Å²) in [7, 11) is 1.87. The zero-order valence-corrected chi connectivity index (χ0v) is 11.7. The third-order valence-corrected chi connectivity index (χ3v) is 3.21. The molecule has 0 radical (unpaired) electrons. The van der Waals surface area contributed by atoms with Crippen LogP contribution in [0, 0.1) is 5.92 Å². The lowest BCUT2D eigenvalue weighted by molar-refractivity contribution is -0.117. The normalized spacial score (nSPS) is 13.8. The number of carbonyl (C=O) groups excluding carboxylic acids is 2. The molecular weight excluding hydrogens is 254 g/mol. The minimum atomic E-state index is 0.00927. The Balaban J connectivity index is 1.78. The Labute approximate surface area is 119 Å². The van der Waals surface area contributed by atoms with Gasteiger partial charge in [-0.3, -0.25) is 9.59 Å². The van der Waals surface area contributed by atoms with Gasteiger partial charge in [0.25, 0.3) is 0 Å². The van der Waals surface area contributed by atoms with Crippen LogP contribution in [0.25, 0.3) is 0 Å². The van der Waals surface area contributed by atoms with Crippen LogP contribution in [-0.4, -0.2) is 25.4 Å². The van der Waals surface area contributed by atoms with Crippen LogP contribution in [-0.2, 0) is 9.59 Å². The molecule has 0 aromatic heterocycles. The monoisotopic (exact) mass is 275 g/mol. The predicted octanol–water partition coefficient (Wildman–Crippen LogP) is 1.97. The Morgan fingerprint density at radius 1 is 1.10 bits per heavy atom. The first-order valence-corrected chi connectivity index (χ1v) is 7.04. The lowest BCUT2D eigenvalue weighted by Gasteiger charge is -2.07. The molecule has 0 spiro atoms. The highest BCUT2D eigenvalue weighted by molar-refractivity contribution is 5.95. The van der Waals surface area contributed by atoms with E-state index in [9.17, 15) is 9.59 Å². The molecule has 0 heterocycles. The molecule has 0 saturated heterocycles. The van der Waals surface area contributed by atoms with Crippen LogP contribution in [0.3, 0.4) is 0 Å². The fourth-order valence-corrected chi connectivity index (χ4v) is 1.88. The number of carbonyl (C=O) groups is 2. The summed E-state index contributed by atoms with van der Waals surface area (Å²) >= 11 is 0. The summed E-state index contributed by atoms with van der Waals surface area (Å²) in [5, 5.41) is 8.71. The van der Waals surface area contributed by atoms with Crippen molar-refractivity contribution in [2.75, 3.05) is 24.2 Å². The van der Waals surface area contributed by atoms with Crippen LogP contribution in [0.5, 0.6) is 0 Å². The minimum absolute atomic E-state index is 0.00927. The van der Waals surface area contributed by atoms with E-state index in [1.807, 2.05) is 19.2 Å². The number of nitrogens with one attached hydrogen (secondary N) is 3. The fraction of sp³-hybridized carbons (Fsp3) is 0.467. The summed E-state index contributed by atoms with van der Waals surface area (Å²) in [6.07, 6.45) is 3.30. The highest BCUT2D eigenvalue weighted by Crippen LogP contribution is 2.30. The Morgan fingerprint density at radius 3 is 2.25 bits per heavy atom. The van der Waals surface area contributed by atoms with Crippen molar-refractivity contribution in [2.45, 2.75) is 25.7 Å². The number of hydrogen-bond acceptors (Lipinski definition) is 3. The van der Waals surface area contributed by atoms with Crippen LogP contribution in [0.2, 0.25) is 0 Å². The molecule has 2 amide bonds. The molecule has 1 aromatic rings. The van der Waals surface area contributed by atoms with Gasteiger partial charge in [0, 0.05) is 23.7 Å². The lowest BCUT2D eigenvalue weighted by Crippen LogP contribution is -2.15. The summed E-state index contributed by atoms with van der Waals surface area (Å²) in [5.41, 5.74) is 1.53. The molecule has 1 aliphatic carbocycles. The van der Waals surface area contributed by atoms with Gasteiger partial charge in [0.2, 0.25) is 11.8 Å². The van der Waals surface area contributed by atoms with Crippen molar-refractivity contribution >= 4 is 23.2 Å². The maximum Gasteiger partial charge on any atom is 0.227 e. The maximum absolute atomic E-state index is 11.6. The smallest absolute Gasteiger partial charge is 0.227 e. The molecule has 20 heavy (non-hydrogen) atoms. The van der Waals surface area contributed by atoms with Crippen LogP contribution >= 0.6 is 0 Å². The van der Waals surface area contributed by atoms with Crippen LogP contribution in [0.4, 0.5) is 11.4 Å². The van der Waals surface area contributed by atoms with Gasteiger partial charge in [-0.15, -0.1) is 0 Å². The van der Waals surface area contributed by atoms with E-state index in [0.29, 0.717) is 6.42 Å². The van der Waals surface area contributed by atoms with Crippen molar-refractivity contribution in [1.29, 1.82) is 0 Å². The third kappa shape index (κ3) is 4.66. The average molecular weight is 275 g/mol. The fourth-order valence-electron chi connectivity index (χ4n) is 1.88. The molecular formula is C15H21N3O2. The Kier molecular flexibility index (Phi) is 5.12. The molecule has 0 atom stereocenters. The van der Waals surface area contributed by atoms with Gasteiger partial charge in [-0.05, 0) is 57.1 Å². The van der Waals surface area contributed by atoms with Gasteiger partial charge < -0.3 is 16.0 Å². The topological polar surface area (TPSA) is 70.2 Å². The van der Waals surface area contributed by atoms with Crippen molar-refractivity contribution in [3.8, 4) is 0 Å². The quantitative estimate of drug-likeness (QED) is 0.666. The van der Waals surface area contributed by atoms with Crippen molar-refractivity contribution in [2.24, 2.45) is 5.92 Å². The first-order valence-electron chi connectivity index (χ1n) is 7.04. The van der Waals surface area contributed by atoms with Crippen LogP contribution < -0.4 is 16.0 Å². The second-order valence-corrected chi connectivity index (χ2v) is 5.10. The van der Waals surface area contributed by atoms with Crippen molar-refractivity contribution in [1.82, 2.24) is 5.32 Å². The third-order valence-electron chi connectivity index (χ3n) is 3.21. The standard InChI is InChI=1S/C15H21N3O2/c1-16-10-2-3-14(19)17-12-6-8-13(9-7-12)18-15(20)11-4-5-11/h6-9,11,16H,2-5,10H2,1H3,(H,17,19)(H,18,20). The molecule has 0 unspecified atom stereocenters. The summed E-state index contributed by atoms with van der Waals surface area (Å²) in [6, 6.07) is 7.23. The Hall–Kier alpha value is -1.88. The lowest BCUT2D eigenvalue weighted by atomic mass is 10.2. The highest BCUT2D eigenvalue weighted by Gasteiger charge is 2.29. The largest absolute Gasteiger partial charge is 0.326 e. The molecule has 2 rings (SSSR count). The number of benzene rings is 1. The predicted molar refractivity (Wildman–Crippen MR) is 79.6 cm³/mol. The summed E-state index contributed by atoms with van der Waals surface area (Å²) < 4.78 is 0. The molecule has 3 N–H and O–H groups in total. The number of hydrogen-bond donors (Lipinski definition) is 3. The summed E-state index contributed by atoms with van der Waals surface area (Å²) in [6.45, 7) is 0.833. The van der Waals surface area contributed by atoms with E-state index in [2.05, 4.69) is 16.0 Å². The molecule has 1 aliphatic rings. The Bertz CT molecular complexity index is 467. The summed E-state index contributed by atoms with van der Waals surface area (Å²) in [4.78, 5) is 23.2. The van der Waals surface area contributed by atoms with Crippen LogP contribution in [0.1, 0.15) is 25.7 Å². The minimum Gasteiger partial charge on any atom is -0.326 e. The number of anilines is 2. The zero-order valence-electron chi connectivity index (χ0n) is 11.7. The van der Waals surface area contributed by atoms with E-state index in [1.54, 1.807) is 12.1 Å². The molecule has 5 nitrogen and oxygen atoms in total. The van der Waals surface area contributed by atoms with Gasteiger partial charge in [-0.25, -0.2) is 0 Å². The van der Waals surface area contributed by atoms with Crippen molar-refractivity contribution in [3.05, 3.63) is 24.3 Å². The number of rotatable bonds is 7. The SMILES string of the molecule is CNCCCC(=O)Nc1ccc(NC(=O)C2CC2)cc1. The second-order valence-electron chi connectivity index (χ2n) is 5.10. The van der Waals surface area contributed by atoms with Gasteiger partial charge in [0.1, 0.15) is 0 Å². The van der Waals surface area contributed by atoms with E-state index in [1.165, 1.54) is 0 Å². The van der Waals surface area contributed by atoms with E-state index in [4.69, 9.17) is 0 Å². The van der Waals surface area contributed by atoms with Crippen molar-refractivity contribution < 1.29 is 9.59 Å². The van der Waals surface area contributed by atoms with Gasteiger partial charge in [0.05, 0.1) is 0 Å². The molecule has 0 bridgehead atoms. The van der Waals surface area contributed by atoms with Gasteiger partial charge in [0.15, 0.2) is 0 Å². The average Bonchev–Trinajstić information content (AvgIpc) is 3.26. The maximum atomic E-state index is 11.6. The zero-order chi connectivity index (χ0) is 14.4. The molecule has 5 heteroatoms. The number of amides is 2.